The summed E-state index contributed by atoms with van der Waals surface area (Å²) in [5.74, 6) is 0.313. The average Bonchev–Trinajstić information content (AvgIpc) is 2.81. The van der Waals surface area contributed by atoms with Gasteiger partial charge in [-0.05, 0) is 67.3 Å². The lowest BCUT2D eigenvalue weighted by Gasteiger charge is -2.22. The molecule has 0 aliphatic heterocycles. The molecule has 2 aromatic carbocycles. The Morgan fingerprint density at radius 1 is 0.950 bits per heavy atom. The van der Waals surface area contributed by atoms with Crippen LogP contribution in [0.3, 0.4) is 0 Å². The standard InChI is InChI=1S/C19H22O/c1-12-8-13(2)18(14(3)9-12)19(20)17-10-15-6-4-5-7-16(15)11-17/h4-9,17,19-20H,10-11H2,1-3H3. The minimum atomic E-state index is -0.358. The zero-order valence-electron chi connectivity index (χ0n) is 12.5. The Bertz CT molecular complexity index is 594. The molecule has 0 bridgehead atoms. The van der Waals surface area contributed by atoms with Crippen LogP contribution < -0.4 is 0 Å². The number of hydrogen-bond acceptors (Lipinski definition) is 1. The van der Waals surface area contributed by atoms with Gasteiger partial charge in [-0.1, -0.05) is 42.0 Å². The average molecular weight is 266 g/mol. The molecule has 0 fully saturated rings. The van der Waals surface area contributed by atoms with Crippen LogP contribution in [0.4, 0.5) is 0 Å². The van der Waals surface area contributed by atoms with Gasteiger partial charge in [-0.3, -0.25) is 0 Å². The number of aliphatic hydroxyl groups is 1. The van der Waals surface area contributed by atoms with E-state index in [4.69, 9.17) is 0 Å². The van der Waals surface area contributed by atoms with Gasteiger partial charge in [-0.2, -0.15) is 0 Å². The van der Waals surface area contributed by atoms with Crippen molar-refractivity contribution in [1.82, 2.24) is 0 Å². The van der Waals surface area contributed by atoms with Crippen LogP contribution in [0.25, 0.3) is 0 Å². The number of aliphatic hydroxyl groups excluding tert-OH is 1. The molecule has 1 aliphatic rings. The molecule has 0 saturated heterocycles. The highest BCUT2D eigenvalue weighted by Gasteiger charge is 2.29. The second kappa shape index (κ2) is 5.06. The van der Waals surface area contributed by atoms with E-state index in [0.717, 1.165) is 18.4 Å². The van der Waals surface area contributed by atoms with E-state index >= 15 is 0 Å². The van der Waals surface area contributed by atoms with Crippen molar-refractivity contribution < 1.29 is 5.11 Å². The lowest BCUT2D eigenvalue weighted by atomic mass is 9.87. The maximum absolute atomic E-state index is 10.8. The third kappa shape index (κ3) is 2.27. The molecule has 1 N–H and O–H groups in total. The van der Waals surface area contributed by atoms with E-state index < -0.39 is 0 Å². The van der Waals surface area contributed by atoms with E-state index in [2.05, 4.69) is 57.2 Å². The van der Waals surface area contributed by atoms with E-state index in [9.17, 15) is 5.11 Å². The maximum atomic E-state index is 10.8. The Labute approximate surface area is 121 Å². The molecule has 2 aromatic rings. The Morgan fingerprint density at radius 2 is 1.45 bits per heavy atom. The molecule has 1 atom stereocenters. The molecule has 0 radical (unpaired) electrons. The first-order valence-corrected chi connectivity index (χ1v) is 7.39. The second-order valence-corrected chi connectivity index (χ2v) is 6.19. The highest BCUT2D eigenvalue weighted by molar-refractivity contribution is 5.41. The molecule has 1 unspecified atom stereocenters. The van der Waals surface area contributed by atoms with Crippen LogP contribution in [-0.2, 0) is 12.8 Å². The molecule has 0 spiro atoms. The van der Waals surface area contributed by atoms with Crippen molar-refractivity contribution in [2.24, 2.45) is 5.92 Å². The molecule has 0 saturated carbocycles. The fraction of sp³-hybridized carbons (Fsp3) is 0.368. The van der Waals surface area contributed by atoms with Crippen molar-refractivity contribution in [2.75, 3.05) is 0 Å². The molecular weight excluding hydrogens is 244 g/mol. The number of hydrogen-bond donors (Lipinski definition) is 1. The molecular formula is C19H22O. The van der Waals surface area contributed by atoms with Gasteiger partial charge in [0.05, 0.1) is 6.10 Å². The van der Waals surface area contributed by atoms with Gasteiger partial charge in [-0.25, -0.2) is 0 Å². The van der Waals surface area contributed by atoms with E-state index in [1.165, 1.54) is 27.8 Å². The van der Waals surface area contributed by atoms with Crippen LogP contribution in [0, 0.1) is 26.7 Å². The molecule has 1 aliphatic carbocycles. The Kier molecular flexibility index (Phi) is 3.39. The summed E-state index contributed by atoms with van der Waals surface area (Å²) < 4.78 is 0. The van der Waals surface area contributed by atoms with Crippen molar-refractivity contribution >= 4 is 0 Å². The fourth-order valence-electron chi connectivity index (χ4n) is 3.71. The summed E-state index contributed by atoms with van der Waals surface area (Å²) in [6.45, 7) is 6.34. The molecule has 0 aromatic heterocycles. The molecule has 0 heterocycles. The summed E-state index contributed by atoms with van der Waals surface area (Å²) in [5.41, 5.74) is 7.63. The second-order valence-electron chi connectivity index (χ2n) is 6.19. The van der Waals surface area contributed by atoms with Crippen LogP contribution in [0.15, 0.2) is 36.4 Å². The van der Waals surface area contributed by atoms with E-state index in [-0.39, 0.29) is 6.10 Å². The van der Waals surface area contributed by atoms with Crippen LogP contribution in [0.5, 0.6) is 0 Å². The highest BCUT2D eigenvalue weighted by Crippen LogP contribution is 2.37. The summed E-state index contributed by atoms with van der Waals surface area (Å²) >= 11 is 0. The number of benzene rings is 2. The Hall–Kier alpha value is -1.60. The Balaban J connectivity index is 1.90. The predicted octanol–water partition coefficient (Wildman–Crippen LogP) is 4.06. The highest BCUT2D eigenvalue weighted by atomic mass is 16.3. The fourth-order valence-corrected chi connectivity index (χ4v) is 3.71. The van der Waals surface area contributed by atoms with Gasteiger partial charge < -0.3 is 5.11 Å². The monoisotopic (exact) mass is 266 g/mol. The zero-order valence-corrected chi connectivity index (χ0v) is 12.5. The topological polar surface area (TPSA) is 20.2 Å². The summed E-state index contributed by atoms with van der Waals surface area (Å²) in [7, 11) is 0. The summed E-state index contributed by atoms with van der Waals surface area (Å²) in [6.07, 6.45) is 1.62. The Morgan fingerprint density at radius 3 is 1.95 bits per heavy atom. The molecule has 104 valence electrons. The van der Waals surface area contributed by atoms with Crippen LogP contribution >= 0.6 is 0 Å². The first-order valence-electron chi connectivity index (χ1n) is 7.39. The first-order chi connectivity index (χ1) is 9.56. The van der Waals surface area contributed by atoms with Crippen LogP contribution in [-0.4, -0.2) is 5.11 Å². The van der Waals surface area contributed by atoms with Crippen LogP contribution in [0.2, 0.25) is 0 Å². The quantitative estimate of drug-likeness (QED) is 0.869. The largest absolute Gasteiger partial charge is 0.388 e. The lowest BCUT2D eigenvalue weighted by Crippen LogP contribution is -2.15. The third-order valence-electron chi connectivity index (χ3n) is 4.56. The van der Waals surface area contributed by atoms with Gasteiger partial charge in [0.25, 0.3) is 0 Å². The first kappa shape index (κ1) is 13.4. The number of aryl methyl sites for hydroxylation is 3. The molecule has 3 rings (SSSR count). The van der Waals surface area contributed by atoms with Gasteiger partial charge in [0.1, 0.15) is 0 Å². The SMILES string of the molecule is Cc1cc(C)c(C(O)C2Cc3ccccc3C2)c(C)c1. The van der Waals surface area contributed by atoms with E-state index in [1.54, 1.807) is 0 Å². The van der Waals surface area contributed by atoms with Gasteiger partial charge in [-0.15, -0.1) is 0 Å². The van der Waals surface area contributed by atoms with E-state index in [0.29, 0.717) is 5.92 Å². The zero-order chi connectivity index (χ0) is 14.3. The van der Waals surface area contributed by atoms with E-state index in [1.807, 2.05) is 0 Å². The molecule has 0 amide bonds. The van der Waals surface area contributed by atoms with Crippen molar-refractivity contribution in [2.45, 2.75) is 39.7 Å². The number of fused-ring (bicyclic) bond motifs is 1. The minimum absolute atomic E-state index is 0.313. The summed E-state index contributed by atoms with van der Waals surface area (Å²) in [6, 6.07) is 12.9. The van der Waals surface area contributed by atoms with Crippen molar-refractivity contribution in [3.05, 3.63) is 69.8 Å². The van der Waals surface area contributed by atoms with Gasteiger partial charge >= 0.3 is 0 Å². The summed E-state index contributed by atoms with van der Waals surface area (Å²) in [4.78, 5) is 0. The van der Waals surface area contributed by atoms with Gasteiger partial charge in [0.15, 0.2) is 0 Å². The minimum Gasteiger partial charge on any atom is -0.388 e. The molecule has 1 nitrogen and oxygen atoms in total. The van der Waals surface area contributed by atoms with Crippen molar-refractivity contribution in [1.29, 1.82) is 0 Å². The van der Waals surface area contributed by atoms with Gasteiger partial charge in [0, 0.05) is 0 Å². The van der Waals surface area contributed by atoms with Gasteiger partial charge in [0.2, 0.25) is 0 Å². The lowest BCUT2D eigenvalue weighted by molar-refractivity contribution is 0.112. The van der Waals surface area contributed by atoms with Crippen LogP contribution in [0.1, 0.15) is 39.5 Å². The third-order valence-corrected chi connectivity index (χ3v) is 4.56. The normalized spacial score (nSPS) is 16.2. The molecule has 1 heteroatoms. The van der Waals surface area contributed by atoms with Crippen molar-refractivity contribution in [3.63, 3.8) is 0 Å². The summed E-state index contributed by atoms with van der Waals surface area (Å²) in [5, 5.41) is 10.8. The molecule has 20 heavy (non-hydrogen) atoms. The smallest absolute Gasteiger partial charge is 0.0829 e. The predicted molar refractivity (Wildman–Crippen MR) is 83.0 cm³/mol. The van der Waals surface area contributed by atoms with Crippen molar-refractivity contribution in [3.8, 4) is 0 Å². The number of rotatable bonds is 2. The maximum Gasteiger partial charge on any atom is 0.0829 e.